The Morgan fingerprint density at radius 3 is 2.52 bits per heavy atom. The molecule has 118 valence electrons. The van der Waals surface area contributed by atoms with Gasteiger partial charge in [0.05, 0.1) is 19.3 Å². The lowest BCUT2D eigenvalue weighted by molar-refractivity contribution is 0.100. The third-order valence-corrected chi connectivity index (χ3v) is 4.78. The molecule has 0 aromatic heterocycles. The fourth-order valence-corrected chi connectivity index (χ4v) is 3.35. The molecule has 0 amide bonds. The number of sulfonamides is 1. The lowest BCUT2D eigenvalue weighted by atomic mass is 10.1. The normalized spacial score (nSPS) is 15.1. The SMILES string of the molecule is COc1ccc(C(=O)CN2C=NS(=O)(=O)c3ccccc32)cc1. The molecule has 0 fully saturated rings. The monoisotopic (exact) mass is 330 g/mol. The van der Waals surface area contributed by atoms with Gasteiger partial charge in [0.2, 0.25) is 0 Å². The van der Waals surface area contributed by atoms with Crippen molar-refractivity contribution < 1.29 is 17.9 Å². The van der Waals surface area contributed by atoms with E-state index in [9.17, 15) is 13.2 Å². The van der Waals surface area contributed by atoms with Crippen molar-refractivity contribution in [1.29, 1.82) is 0 Å². The van der Waals surface area contributed by atoms with Crippen LogP contribution in [0.5, 0.6) is 5.75 Å². The summed E-state index contributed by atoms with van der Waals surface area (Å²) < 4.78 is 32.5. The van der Waals surface area contributed by atoms with Gasteiger partial charge in [0, 0.05) is 5.56 Å². The van der Waals surface area contributed by atoms with Gasteiger partial charge in [0.25, 0.3) is 10.0 Å². The highest BCUT2D eigenvalue weighted by Crippen LogP contribution is 2.29. The third kappa shape index (κ3) is 2.95. The maximum Gasteiger partial charge on any atom is 0.285 e. The Kier molecular flexibility index (Phi) is 3.87. The van der Waals surface area contributed by atoms with Crippen molar-refractivity contribution in [1.82, 2.24) is 0 Å². The average molecular weight is 330 g/mol. The summed E-state index contributed by atoms with van der Waals surface area (Å²) in [6.45, 7) is 0.00234. The summed E-state index contributed by atoms with van der Waals surface area (Å²) in [6.07, 6.45) is 1.18. The molecule has 2 aromatic carbocycles. The van der Waals surface area contributed by atoms with E-state index >= 15 is 0 Å². The molecule has 6 nitrogen and oxygen atoms in total. The number of hydrogen-bond donors (Lipinski definition) is 0. The topological polar surface area (TPSA) is 76.0 Å². The van der Waals surface area contributed by atoms with E-state index in [1.54, 1.807) is 49.6 Å². The van der Waals surface area contributed by atoms with Gasteiger partial charge in [-0.3, -0.25) is 4.79 Å². The van der Waals surface area contributed by atoms with Crippen LogP contribution < -0.4 is 9.64 Å². The van der Waals surface area contributed by atoms with Gasteiger partial charge in [-0.15, -0.1) is 4.40 Å². The molecule has 0 saturated carbocycles. The third-order valence-electron chi connectivity index (χ3n) is 3.50. The largest absolute Gasteiger partial charge is 0.497 e. The molecular formula is C16H14N2O4S. The molecule has 0 aliphatic carbocycles. The summed E-state index contributed by atoms with van der Waals surface area (Å²) in [5.41, 5.74) is 0.967. The van der Waals surface area contributed by atoms with Crippen molar-refractivity contribution in [3.05, 3.63) is 54.1 Å². The number of Topliss-reactive ketones (excluding diaryl/α,β-unsaturated/α-hetero) is 1. The van der Waals surface area contributed by atoms with E-state index < -0.39 is 10.0 Å². The highest BCUT2D eigenvalue weighted by atomic mass is 32.2. The van der Waals surface area contributed by atoms with Gasteiger partial charge in [-0.2, -0.15) is 8.42 Å². The summed E-state index contributed by atoms with van der Waals surface area (Å²) in [5, 5.41) is 0. The number of methoxy groups -OCH3 is 1. The molecule has 2 aromatic rings. The van der Waals surface area contributed by atoms with Crippen molar-refractivity contribution in [3.8, 4) is 5.75 Å². The number of rotatable bonds is 4. The Balaban J connectivity index is 1.87. The molecule has 3 rings (SSSR count). The number of anilines is 1. The summed E-state index contributed by atoms with van der Waals surface area (Å²) >= 11 is 0. The van der Waals surface area contributed by atoms with Crippen LogP contribution in [0.4, 0.5) is 5.69 Å². The van der Waals surface area contributed by atoms with Crippen LogP contribution in [0.25, 0.3) is 0 Å². The number of ether oxygens (including phenoxy) is 1. The van der Waals surface area contributed by atoms with Crippen LogP contribution in [0.1, 0.15) is 10.4 Å². The highest BCUT2D eigenvalue weighted by Gasteiger charge is 2.26. The molecule has 0 N–H and O–H groups in total. The second-order valence-corrected chi connectivity index (χ2v) is 6.54. The van der Waals surface area contributed by atoms with E-state index in [2.05, 4.69) is 4.40 Å². The number of para-hydroxylation sites is 1. The van der Waals surface area contributed by atoms with Crippen molar-refractivity contribution in [2.75, 3.05) is 18.6 Å². The molecule has 1 heterocycles. The summed E-state index contributed by atoms with van der Waals surface area (Å²) in [4.78, 5) is 14.0. The fourth-order valence-electron chi connectivity index (χ4n) is 2.30. The van der Waals surface area contributed by atoms with E-state index in [1.165, 1.54) is 17.3 Å². The lowest BCUT2D eigenvalue weighted by Gasteiger charge is -2.24. The van der Waals surface area contributed by atoms with Crippen LogP contribution >= 0.6 is 0 Å². The Bertz CT molecular complexity index is 873. The zero-order valence-electron chi connectivity index (χ0n) is 12.3. The molecule has 0 radical (unpaired) electrons. The van der Waals surface area contributed by atoms with E-state index in [1.807, 2.05) is 0 Å². The van der Waals surface area contributed by atoms with Crippen LogP contribution in [-0.4, -0.2) is 34.2 Å². The Hall–Kier alpha value is -2.67. The standard InChI is InChI=1S/C16H14N2O4S/c1-22-13-8-6-12(7-9-13)15(19)10-18-11-17-23(20,21)16-5-3-2-4-14(16)18/h2-9,11H,10H2,1H3. The van der Waals surface area contributed by atoms with Crippen LogP contribution in [0.3, 0.4) is 0 Å². The second kappa shape index (κ2) is 5.85. The van der Waals surface area contributed by atoms with Crippen molar-refractivity contribution >= 4 is 27.8 Å². The van der Waals surface area contributed by atoms with E-state index in [-0.39, 0.29) is 17.2 Å². The van der Waals surface area contributed by atoms with Crippen molar-refractivity contribution in [2.24, 2.45) is 4.40 Å². The molecule has 0 unspecified atom stereocenters. The average Bonchev–Trinajstić information content (AvgIpc) is 2.58. The fraction of sp³-hybridized carbons (Fsp3) is 0.125. The van der Waals surface area contributed by atoms with Crippen LogP contribution in [0.15, 0.2) is 57.8 Å². The minimum atomic E-state index is -3.68. The van der Waals surface area contributed by atoms with E-state index in [4.69, 9.17) is 4.74 Å². The first-order valence-electron chi connectivity index (χ1n) is 6.85. The Morgan fingerprint density at radius 1 is 1.13 bits per heavy atom. The number of nitrogens with zero attached hydrogens (tertiary/aromatic N) is 2. The van der Waals surface area contributed by atoms with Crippen molar-refractivity contribution in [3.63, 3.8) is 0 Å². The molecule has 0 bridgehead atoms. The number of fused-ring (bicyclic) bond motifs is 1. The predicted octanol–water partition coefficient (Wildman–Crippen LogP) is 2.12. The Labute approximate surface area is 134 Å². The first kappa shape index (κ1) is 15.2. The second-order valence-electron chi connectivity index (χ2n) is 4.94. The zero-order valence-corrected chi connectivity index (χ0v) is 13.2. The number of carbonyl (C=O) groups excluding carboxylic acids is 1. The van der Waals surface area contributed by atoms with Gasteiger partial charge in [0.15, 0.2) is 5.78 Å². The number of hydrogen-bond acceptors (Lipinski definition) is 5. The molecular weight excluding hydrogens is 316 g/mol. The summed E-state index contributed by atoms with van der Waals surface area (Å²) in [5.74, 6) is 0.519. The molecule has 23 heavy (non-hydrogen) atoms. The number of benzene rings is 2. The van der Waals surface area contributed by atoms with Gasteiger partial charge < -0.3 is 9.64 Å². The minimum Gasteiger partial charge on any atom is -0.497 e. The summed E-state index contributed by atoms with van der Waals surface area (Å²) in [6, 6.07) is 13.2. The maximum atomic E-state index is 12.4. The van der Waals surface area contributed by atoms with Crippen molar-refractivity contribution in [2.45, 2.75) is 4.90 Å². The van der Waals surface area contributed by atoms with E-state index in [0.29, 0.717) is 17.0 Å². The van der Waals surface area contributed by atoms with E-state index in [0.717, 1.165) is 0 Å². The van der Waals surface area contributed by atoms with Gasteiger partial charge >= 0.3 is 0 Å². The van der Waals surface area contributed by atoms with Crippen LogP contribution in [0.2, 0.25) is 0 Å². The first-order valence-corrected chi connectivity index (χ1v) is 8.29. The highest BCUT2D eigenvalue weighted by molar-refractivity contribution is 7.90. The van der Waals surface area contributed by atoms with Crippen LogP contribution in [-0.2, 0) is 10.0 Å². The molecule has 1 aliphatic heterocycles. The zero-order chi connectivity index (χ0) is 16.4. The maximum absolute atomic E-state index is 12.4. The molecule has 0 saturated heterocycles. The quantitative estimate of drug-likeness (QED) is 0.803. The smallest absolute Gasteiger partial charge is 0.285 e. The predicted molar refractivity (Wildman–Crippen MR) is 86.8 cm³/mol. The van der Waals surface area contributed by atoms with Gasteiger partial charge in [-0.05, 0) is 36.4 Å². The van der Waals surface area contributed by atoms with Gasteiger partial charge in [-0.1, -0.05) is 12.1 Å². The van der Waals surface area contributed by atoms with Gasteiger partial charge in [0.1, 0.15) is 17.0 Å². The number of ketones is 1. The molecule has 1 aliphatic rings. The summed E-state index contributed by atoms with van der Waals surface area (Å²) in [7, 11) is -2.13. The molecule has 7 heteroatoms. The number of carbonyl (C=O) groups is 1. The molecule has 0 spiro atoms. The minimum absolute atomic E-state index is 0.00234. The van der Waals surface area contributed by atoms with Crippen LogP contribution in [0, 0.1) is 0 Å². The Morgan fingerprint density at radius 2 is 1.83 bits per heavy atom. The molecule has 0 atom stereocenters. The van der Waals surface area contributed by atoms with Gasteiger partial charge in [-0.25, -0.2) is 0 Å². The first-order chi connectivity index (χ1) is 11.0. The lowest BCUT2D eigenvalue weighted by Crippen LogP contribution is -2.32.